The van der Waals surface area contributed by atoms with Crippen molar-refractivity contribution in [1.29, 1.82) is 0 Å². The van der Waals surface area contributed by atoms with E-state index in [1.165, 1.54) is 11.8 Å². The number of carbonyl (C=O) groups is 5. The van der Waals surface area contributed by atoms with Gasteiger partial charge < -0.3 is 37.6 Å². The average molecular weight is 454 g/mol. The zero-order valence-electron chi connectivity index (χ0n) is 15.8. The second-order valence-electron chi connectivity index (χ2n) is 5.95. The molecule has 0 aliphatic carbocycles. The van der Waals surface area contributed by atoms with Crippen molar-refractivity contribution in [3.63, 3.8) is 0 Å². The van der Waals surface area contributed by atoms with Crippen LogP contribution < -0.4 is 27.4 Å². The Balaban J connectivity index is 5.15. The maximum Gasteiger partial charge on any atom is 0.326 e. The number of amides is 4. The molecule has 4 unspecified atom stereocenters. The molecule has 0 heterocycles. The van der Waals surface area contributed by atoms with Crippen molar-refractivity contribution in [2.45, 2.75) is 37.0 Å². The lowest BCUT2D eigenvalue weighted by Crippen LogP contribution is -2.58. The van der Waals surface area contributed by atoms with Gasteiger partial charge in [-0.25, -0.2) is 4.79 Å². The standard InChI is InChI=1S/C15H27N5O7S2/c1-29-3-2-8(18-12(23)7(16)6-28)13(24)20-10(5-21)14(25)19-9(15(26)27)4-11(17)22/h7-10,21,28H,2-6,16H2,1H3,(H2,17,22)(H,18,23)(H,19,25)(H,20,24)(H,26,27). The summed E-state index contributed by atoms with van der Waals surface area (Å²) in [5, 5.41) is 25.1. The number of nitrogens with one attached hydrogen (secondary N) is 3. The Kier molecular flexibility index (Phi) is 13.0. The van der Waals surface area contributed by atoms with Crippen molar-refractivity contribution < 1.29 is 34.2 Å². The van der Waals surface area contributed by atoms with Crippen LogP contribution in [0.2, 0.25) is 0 Å². The summed E-state index contributed by atoms with van der Waals surface area (Å²) in [5.74, 6) is -4.32. The second kappa shape index (κ2) is 14.0. The zero-order valence-corrected chi connectivity index (χ0v) is 17.5. The third kappa shape index (κ3) is 10.3. The summed E-state index contributed by atoms with van der Waals surface area (Å²) in [6.07, 6.45) is 1.35. The molecule has 14 heteroatoms. The van der Waals surface area contributed by atoms with Crippen molar-refractivity contribution in [2.24, 2.45) is 11.5 Å². The van der Waals surface area contributed by atoms with Gasteiger partial charge in [0, 0.05) is 5.75 Å². The second-order valence-corrected chi connectivity index (χ2v) is 7.30. The monoisotopic (exact) mass is 453 g/mol. The molecule has 166 valence electrons. The number of carbonyl (C=O) groups excluding carboxylic acids is 4. The van der Waals surface area contributed by atoms with Gasteiger partial charge in [-0.3, -0.25) is 19.2 Å². The van der Waals surface area contributed by atoms with Crippen molar-refractivity contribution in [3.8, 4) is 0 Å². The quantitative estimate of drug-likeness (QED) is 0.122. The minimum absolute atomic E-state index is 0.0564. The zero-order chi connectivity index (χ0) is 22.6. The van der Waals surface area contributed by atoms with Crippen LogP contribution in [0.4, 0.5) is 0 Å². The van der Waals surface area contributed by atoms with Gasteiger partial charge >= 0.3 is 5.97 Å². The fraction of sp³-hybridized carbons (Fsp3) is 0.667. The van der Waals surface area contributed by atoms with Crippen molar-refractivity contribution in [1.82, 2.24) is 16.0 Å². The molecule has 0 fully saturated rings. The molecular weight excluding hydrogens is 426 g/mol. The number of hydrogen-bond donors (Lipinski definition) is 8. The molecule has 0 bridgehead atoms. The lowest BCUT2D eigenvalue weighted by molar-refractivity contribution is -0.144. The topological polar surface area (TPSA) is 214 Å². The number of carboxylic acids is 1. The molecule has 0 aliphatic heterocycles. The molecule has 0 rings (SSSR count). The highest BCUT2D eigenvalue weighted by atomic mass is 32.2. The first-order valence-corrected chi connectivity index (χ1v) is 10.5. The van der Waals surface area contributed by atoms with E-state index in [0.29, 0.717) is 5.75 Å². The molecule has 9 N–H and O–H groups in total. The molecule has 0 spiro atoms. The van der Waals surface area contributed by atoms with Crippen LogP contribution in [0.3, 0.4) is 0 Å². The van der Waals surface area contributed by atoms with E-state index >= 15 is 0 Å². The summed E-state index contributed by atoms with van der Waals surface area (Å²) in [7, 11) is 0. The van der Waals surface area contributed by atoms with Crippen LogP contribution in [0.15, 0.2) is 0 Å². The molecule has 0 aromatic heterocycles. The molecule has 0 saturated heterocycles. The fourth-order valence-corrected chi connectivity index (χ4v) is 2.64. The summed E-state index contributed by atoms with van der Waals surface area (Å²) < 4.78 is 0. The Morgan fingerprint density at radius 3 is 1.97 bits per heavy atom. The predicted molar refractivity (Wildman–Crippen MR) is 109 cm³/mol. The van der Waals surface area contributed by atoms with Crippen LogP contribution in [0.1, 0.15) is 12.8 Å². The molecule has 0 aliphatic rings. The van der Waals surface area contributed by atoms with Gasteiger partial charge in [0.1, 0.15) is 18.1 Å². The molecule has 12 nitrogen and oxygen atoms in total. The number of thiol groups is 1. The number of nitrogens with two attached hydrogens (primary N) is 2. The minimum atomic E-state index is -1.62. The first kappa shape index (κ1) is 27.0. The normalized spacial score (nSPS) is 14.8. The van der Waals surface area contributed by atoms with Crippen molar-refractivity contribution in [2.75, 3.05) is 24.4 Å². The van der Waals surface area contributed by atoms with E-state index in [0.717, 1.165) is 0 Å². The summed E-state index contributed by atoms with van der Waals surface area (Å²) in [5.41, 5.74) is 10.5. The number of aliphatic hydroxyl groups is 1. The SMILES string of the molecule is CSCCC(NC(=O)C(N)CS)C(=O)NC(CO)C(=O)NC(CC(N)=O)C(=O)O. The van der Waals surface area contributed by atoms with Gasteiger partial charge in [0.15, 0.2) is 0 Å². The molecule has 4 amide bonds. The van der Waals surface area contributed by atoms with E-state index < -0.39 is 66.8 Å². The molecular formula is C15H27N5O7S2. The van der Waals surface area contributed by atoms with Gasteiger partial charge in [-0.05, 0) is 18.4 Å². The molecule has 0 aromatic carbocycles. The third-order valence-electron chi connectivity index (χ3n) is 3.61. The van der Waals surface area contributed by atoms with Crippen LogP contribution in [-0.2, 0) is 24.0 Å². The summed E-state index contributed by atoms with van der Waals surface area (Å²) in [6.45, 7) is -0.847. The highest BCUT2D eigenvalue weighted by molar-refractivity contribution is 7.98. The van der Waals surface area contributed by atoms with Crippen LogP contribution in [0.25, 0.3) is 0 Å². The molecule has 29 heavy (non-hydrogen) atoms. The number of aliphatic carboxylic acids is 1. The first-order valence-electron chi connectivity index (χ1n) is 8.45. The van der Waals surface area contributed by atoms with Gasteiger partial charge in [-0.1, -0.05) is 0 Å². The Morgan fingerprint density at radius 2 is 1.52 bits per heavy atom. The largest absolute Gasteiger partial charge is 0.480 e. The van der Waals surface area contributed by atoms with Crippen molar-refractivity contribution in [3.05, 3.63) is 0 Å². The Hall–Kier alpha value is -2.03. The Labute approximate surface area is 177 Å². The van der Waals surface area contributed by atoms with Gasteiger partial charge in [0.2, 0.25) is 23.6 Å². The van der Waals surface area contributed by atoms with E-state index in [1.807, 2.05) is 5.32 Å². The molecule has 0 saturated carbocycles. The minimum Gasteiger partial charge on any atom is -0.480 e. The number of carboxylic acid groups (broad SMARTS) is 1. The lowest BCUT2D eigenvalue weighted by Gasteiger charge is -2.24. The Bertz CT molecular complexity index is 608. The van der Waals surface area contributed by atoms with Gasteiger partial charge in [-0.2, -0.15) is 24.4 Å². The average Bonchev–Trinajstić information content (AvgIpc) is 2.66. The highest BCUT2D eigenvalue weighted by Gasteiger charge is 2.30. The van der Waals surface area contributed by atoms with Gasteiger partial charge in [0.05, 0.1) is 19.1 Å². The number of aliphatic hydroxyl groups excluding tert-OH is 1. The van der Waals surface area contributed by atoms with Crippen LogP contribution in [0, 0.1) is 0 Å². The maximum atomic E-state index is 12.5. The van der Waals surface area contributed by atoms with E-state index in [-0.39, 0.29) is 12.2 Å². The van der Waals surface area contributed by atoms with Crippen molar-refractivity contribution >= 4 is 54.0 Å². The van der Waals surface area contributed by atoms with E-state index in [4.69, 9.17) is 16.6 Å². The fourth-order valence-electron chi connectivity index (χ4n) is 2.01. The smallest absolute Gasteiger partial charge is 0.326 e. The summed E-state index contributed by atoms with van der Waals surface area (Å²) in [6, 6.07) is -5.11. The number of rotatable bonds is 14. The Morgan fingerprint density at radius 1 is 1.00 bits per heavy atom. The van der Waals surface area contributed by atoms with Crippen LogP contribution in [-0.4, -0.2) is 88.3 Å². The lowest BCUT2D eigenvalue weighted by atomic mass is 10.1. The van der Waals surface area contributed by atoms with E-state index in [2.05, 4.69) is 23.3 Å². The number of primary amides is 1. The predicted octanol–water partition coefficient (Wildman–Crippen LogP) is -3.60. The number of thioether (sulfide) groups is 1. The summed E-state index contributed by atoms with van der Waals surface area (Å²) in [4.78, 5) is 58.7. The summed E-state index contributed by atoms with van der Waals surface area (Å²) >= 11 is 5.33. The van der Waals surface area contributed by atoms with Crippen LogP contribution in [0.5, 0.6) is 0 Å². The molecule has 4 atom stereocenters. The highest BCUT2D eigenvalue weighted by Crippen LogP contribution is 2.03. The first-order chi connectivity index (χ1) is 13.6. The van der Waals surface area contributed by atoms with Gasteiger partial charge in [-0.15, -0.1) is 0 Å². The molecule has 0 aromatic rings. The van der Waals surface area contributed by atoms with Gasteiger partial charge in [0.25, 0.3) is 0 Å². The van der Waals surface area contributed by atoms with E-state index in [9.17, 15) is 29.1 Å². The van der Waals surface area contributed by atoms with E-state index in [1.54, 1.807) is 6.26 Å². The third-order valence-corrected chi connectivity index (χ3v) is 4.65. The number of hydrogen-bond acceptors (Lipinski definition) is 9. The maximum absolute atomic E-state index is 12.5. The molecule has 0 radical (unpaired) electrons. The van der Waals surface area contributed by atoms with Crippen LogP contribution >= 0.6 is 24.4 Å².